The van der Waals surface area contributed by atoms with E-state index in [1.165, 1.54) is 5.56 Å². The molecule has 1 aliphatic rings. The van der Waals surface area contributed by atoms with Crippen molar-refractivity contribution in [2.24, 2.45) is 0 Å². The van der Waals surface area contributed by atoms with Crippen molar-refractivity contribution in [1.82, 2.24) is 5.32 Å². The third kappa shape index (κ3) is 2.70. The first kappa shape index (κ1) is 10.5. The minimum absolute atomic E-state index is 0.145. The summed E-state index contributed by atoms with van der Waals surface area (Å²) in [4.78, 5) is 0. The molecule has 0 aliphatic carbocycles. The number of ether oxygens (including phenoxy) is 2. The fourth-order valence-electron chi connectivity index (χ4n) is 1.81. The van der Waals surface area contributed by atoms with Crippen molar-refractivity contribution in [3.8, 4) is 5.75 Å². The van der Waals surface area contributed by atoms with Crippen LogP contribution in [0.3, 0.4) is 0 Å². The molecule has 0 spiro atoms. The highest BCUT2D eigenvalue weighted by molar-refractivity contribution is 5.28. The maximum atomic E-state index is 5.59. The Morgan fingerprint density at radius 1 is 1.53 bits per heavy atom. The standard InChI is InChI=1S/C12H17NO2/c1-9-8-15-12(13-9)7-10-4-3-5-11(6-10)14-2/h3-6,9,12-13H,7-8H2,1-2H3. The number of hydrogen-bond acceptors (Lipinski definition) is 3. The van der Waals surface area contributed by atoms with Gasteiger partial charge in [0.25, 0.3) is 0 Å². The Hall–Kier alpha value is -1.06. The van der Waals surface area contributed by atoms with Gasteiger partial charge in [-0.3, -0.25) is 5.32 Å². The maximum absolute atomic E-state index is 5.59. The van der Waals surface area contributed by atoms with Gasteiger partial charge < -0.3 is 9.47 Å². The van der Waals surface area contributed by atoms with Crippen LogP contribution in [0.25, 0.3) is 0 Å². The predicted octanol–water partition coefficient (Wildman–Crippen LogP) is 1.57. The third-order valence-corrected chi connectivity index (χ3v) is 2.57. The van der Waals surface area contributed by atoms with Gasteiger partial charge in [0.05, 0.1) is 13.7 Å². The van der Waals surface area contributed by atoms with Crippen LogP contribution in [-0.4, -0.2) is 26.0 Å². The second-order valence-corrected chi connectivity index (χ2v) is 3.95. The van der Waals surface area contributed by atoms with Crippen LogP contribution < -0.4 is 10.1 Å². The molecule has 0 radical (unpaired) electrons. The summed E-state index contributed by atoms with van der Waals surface area (Å²) in [7, 11) is 1.69. The molecule has 0 saturated carbocycles. The van der Waals surface area contributed by atoms with E-state index in [-0.39, 0.29) is 6.23 Å². The Labute approximate surface area is 90.4 Å². The van der Waals surface area contributed by atoms with Gasteiger partial charge in [0.15, 0.2) is 0 Å². The van der Waals surface area contributed by atoms with Crippen molar-refractivity contribution in [2.45, 2.75) is 25.6 Å². The molecule has 1 heterocycles. The molecule has 82 valence electrons. The van der Waals surface area contributed by atoms with E-state index in [0.29, 0.717) is 6.04 Å². The van der Waals surface area contributed by atoms with Gasteiger partial charge in [0.1, 0.15) is 12.0 Å². The van der Waals surface area contributed by atoms with Crippen molar-refractivity contribution < 1.29 is 9.47 Å². The zero-order chi connectivity index (χ0) is 10.7. The van der Waals surface area contributed by atoms with Crippen molar-refractivity contribution >= 4 is 0 Å². The maximum Gasteiger partial charge on any atom is 0.119 e. The molecule has 1 N–H and O–H groups in total. The van der Waals surface area contributed by atoms with Gasteiger partial charge in [-0.2, -0.15) is 0 Å². The Morgan fingerprint density at radius 2 is 2.40 bits per heavy atom. The summed E-state index contributed by atoms with van der Waals surface area (Å²) in [6, 6.07) is 8.56. The molecule has 1 aromatic carbocycles. The largest absolute Gasteiger partial charge is 0.497 e. The lowest BCUT2D eigenvalue weighted by Gasteiger charge is -2.11. The summed E-state index contributed by atoms with van der Waals surface area (Å²) in [5.74, 6) is 0.901. The first-order valence-electron chi connectivity index (χ1n) is 5.28. The molecule has 1 fully saturated rings. The second kappa shape index (κ2) is 4.64. The van der Waals surface area contributed by atoms with E-state index in [1.807, 2.05) is 18.2 Å². The van der Waals surface area contributed by atoms with Gasteiger partial charge in [-0.25, -0.2) is 0 Å². The molecule has 2 rings (SSSR count). The highest BCUT2D eigenvalue weighted by Crippen LogP contribution is 2.15. The lowest BCUT2D eigenvalue weighted by Crippen LogP contribution is -2.29. The van der Waals surface area contributed by atoms with Gasteiger partial charge >= 0.3 is 0 Å². The molecule has 3 nitrogen and oxygen atoms in total. The minimum Gasteiger partial charge on any atom is -0.497 e. The number of methoxy groups -OCH3 is 1. The monoisotopic (exact) mass is 207 g/mol. The van der Waals surface area contributed by atoms with Gasteiger partial charge in [-0.15, -0.1) is 0 Å². The van der Waals surface area contributed by atoms with Gasteiger partial charge in [0.2, 0.25) is 0 Å². The van der Waals surface area contributed by atoms with Crippen molar-refractivity contribution in [3.05, 3.63) is 29.8 Å². The molecule has 1 aromatic rings. The molecule has 15 heavy (non-hydrogen) atoms. The molecule has 1 aliphatic heterocycles. The van der Waals surface area contributed by atoms with E-state index in [0.717, 1.165) is 18.8 Å². The first-order chi connectivity index (χ1) is 7.28. The Kier molecular flexibility index (Phi) is 3.23. The summed E-state index contributed by atoms with van der Waals surface area (Å²) in [6.07, 6.45) is 1.04. The van der Waals surface area contributed by atoms with Gasteiger partial charge in [-0.1, -0.05) is 12.1 Å². The number of hydrogen-bond donors (Lipinski definition) is 1. The quantitative estimate of drug-likeness (QED) is 0.816. The van der Waals surface area contributed by atoms with E-state index in [2.05, 4.69) is 18.3 Å². The van der Waals surface area contributed by atoms with E-state index in [9.17, 15) is 0 Å². The van der Waals surface area contributed by atoms with Crippen molar-refractivity contribution in [1.29, 1.82) is 0 Å². The zero-order valence-electron chi connectivity index (χ0n) is 9.19. The summed E-state index contributed by atoms with van der Waals surface area (Å²) < 4.78 is 10.8. The van der Waals surface area contributed by atoms with E-state index in [1.54, 1.807) is 7.11 Å². The van der Waals surface area contributed by atoms with Crippen LogP contribution in [0.15, 0.2) is 24.3 Å². The third-order valence-electron chi connectivity index (χ3n) is 2.57. The molecule has 1 saturated heterocycles. The molecular formula is C12H17NO2. The number of nitrogens with one attached hydrogen (secondary N) is 1. The normalized spacial score (nSPS) is 25.5. The lowest BCUT2D eigenvalue weighted by atomic mass is 10.1. The summed E-state index contributed by atoms with van der Waals surface area (Å²) in [6.45, 7) is 2.93. The summed E-state index contributed by atoms with van der Waals surface area (Å²) >= 11 is 0. The van der Waals surface area contributed by atoms with Crippen LogP contribution in [0.2, 0.25) is 0 Å². The van der Waals surface area contributed by atoms with Crippen LogP contribution in [0, 0.1) is 0 Å². The highest BCUT2D eigenvalue weighted by Gasteiger charge is 2.20. The SMILES string of the molecule is COc1cccc(CC2NC(C)CO2)c1. The van der Waals surface area contributed by atoms with Crippen LogP contribution in [0.5, 0.6) is 5.75 Å². The molecule has 0 amide bonds. The Bertz CT molecular complexity index is 327. The van der Waals surface area contributed by atoms with Crippen molar-refractivity contribution in [3.63, 3.8) is 0 Å². The Balaban J connectivity index is 1.98. The first-order valence-corrected chi connectivity index (χ1v) is 5.28. The minimum atomic E-state index is 0.145. The topological polar surface area (TPSA) is 30.5 Å². The van der Waals surface area contributed by atoms with E-state index < -0.39 is 0 Å². The van der Waals surface area contributed by atoms with Crippen LogP contribution >= 0.6 is 0 Å². The van der Waals surface area contributed by atoms with Gasteiger partial charge in [0, 0.05) is 12.5 Å². The molecule has 2 atom stereocenters. The average Bonchev–Trinajstić information content (AvgIpc) is 2.64. The second-order valence-electron chi connectivity index (χ2n) is 3.95. The Morgan fingerprint density at radius 3 is 3.07 bits per heavy atom. The van der Waals surface area contributed by atoms with Crippen LogP contribution in [0.1, 0.15) is 12.5 Å². The van der Waals surface area contributed by atoms with E-state index in [4.69, 9.17) is 9.47 Å². The van der Waals surface area contributed by atoms with E-state index >= 15 is 0 Å². The molecule has 2 unspecified atom stereocenters. The number of rotatable bonds is 3. The van der Waals surface area contributed by atoms with Crippen LogP contribution in [-0.2, 0) is 11.2 Å². The smallest absolute Gasteiger partial charge is 0.119 e. The van der Waals surface area contributed by atoms with Crippen LogP contribution in [0.4, 0.5) is 0 Å². The summed E-state index contributed by atoms with van der Waals surface area (Å²) in [5, 5.41) is 3.38. The average molecular weight is 207 g/mol. The molecular weight excluding hydrogens is 190 g/mol. The predicted molar refractivity (Wildman–Crippen MR) is 59.0 cm³/mol. The fourth-order valence-corrected chi connectivity index (χ4v) is 1.81. The number of benzene rings is 1. The molecule has 0 aromatic heterocycles. The zero-order valence-corrected chi connectivity index (χ0v) is 9.19. The lowest BCUT2D eigenvalue weighted by molar-refractivity contribution is 0.101. The van der Waals surface area contributed by atoms with Gasteiger partial charge in [-0.05, 0) is 24.6 Å². The van der Waals surface area contributed by atoms with Crippen molar-refractivity contribution in [2.75, 3.05) is 13.7 Å². The molecule has 0 bridgehead atoms. The fraction of sp³-hybridized carbons (Fsp3) is 0.500. The molecule has 3 heteroatoms. The highest BCUT2D eigenvalue weighted by atomic mass is 16.5. The summed E-state index contributed by atoms with van der Waals surface area (Å²) in [5.41, 5.74) is 1.24.